The quantitative estimate of drug-likeness (QED) is 0.0518. The van der Waals surface area contributed by atoms with E-state index < -0.39 is 0 Å². The van der Waals surface area contributed by atoms with Gasteiger partial charge in [0, 0.05) is 35.6 Å². The summed E-state index contributed by atoms with van der Waals surface area (Å²) in [5.41, 5.74) is 0. The van der Waals surface area contributed by atoms with E-state index in [-0.39, 0.29) is 13.2 Å². The summed E-state index contributed by atoms with van der Waals surface area (Å²) in [5.74, 6) is 2.34. The summed E-state index contributed by atoms with van der Waals surface area (Å²) in [6.45, 7) is 4.36. The van der Waals surface area contributed by atoms with Gasteiger partial charge in [-0.15, -0.1) is 0 Å². The van der Waals surface area contributed by atoms with E-state index >= 15 is 0 Å². The maximum Gasteiger partial charge on any atom is 0.0662 e. The SMILES string of the molecule is CCCCCCCCCCCCCCCCCCSOSCCCCCCCCCCCCCCCCCC.OCCO. The van der Waals surface area contributed by atoms with Gasteiger partial charge in [-0.3, -0.25) is 0 Å². The Morgan fingerprint density at radius 3 is 0.674 bits per heavy atom. The van der Waals surface area contributed by atoms with Crippen LogP contribution in [0.4, 0.5) is 0 Å². The first-order chi connectivity index (χ1) is 21.3. The molecule has 43 heavy (non-hydrogen) atoms. The van der Waals surface area contributed by atoms with Crippen LogP contribution in [0.25, 0.3) is 0 Å². The summed E-state index contributed by atoms with van der Waals surface area (Å²) in [6.07, 6.45) is 46.1. The molecule has 262 valence electrons. The molecule has 0 bridgehead atoms. The van der Waals surface area contributed by atoms with Crippen molar-refractivity contribution in [3.8, 4) is 0 Å². The smallest absolute Gasteiger partial charge is 0.0662 e. The number of aliphatic hydroxyl groups is 2. The molecule has 0 saturated carbocycles. The fourth-order valence-electron chi connectivity index (χ4n) is 5.52. The molecule has 0 aromatic carbocycles. The molecule has 0 aliphatic heterocycles. The third-order valence-electron chi connectivity index (χ3n) is 8.36. The molecular formula is C38H80O3S2. The summed E-state index contributed by atoms with van der Waals surface area (Å²) in [7, 11) is 0. The molecule has 0 radical (unpaired) electrons. The van der Waals surface area contributed by atoms with Gasteiger partial charge in [-0.1, -0.05) is 206 Å². The molecule has 0 saturated heterocycles. The zero-order chi connectivity index (χ0) is 31.6. The minimum atomic E-state index is -0.125. The average Bonchev–Trinajstić information content (AvgIpc) is 3.03. The van der Waals surface area contributed by atoms with Crippen LogP contribution in [-0.2, 0) is 3.63 Å². The molecule has 0 fully saturated rings. The number of unbranched alkanes of at least 4 members (excludes halogenated alkanes) is 30. The van der Waals surface area contributed by atoms with Gasteiger partial charge in [0.2, 0.25) is 0 Å². The van der Waals surface area contributed by atoms with Crippen molar-refractivity contribution in [3.05, 3.63) is 0 Å². The first-order valence-corrected chi connectivity index (χ1v) is 21.3. The molecule has 0 aliphatic carbocycles. The molecule has 0 atom stereocenters. The van der Waals surface area contributed by atoms with Crippen molar-refractivity contribution in [3.63, 3.8) is 0 Å². The second-order valence-electron chi connectivity index (χ2n) is 12.8. The van der Waals surface area contributed by atoms with Crippen LogP contribution in [0, 0.1) is 0 Å². The van der Waals surface area contributed by atoms with Gasteiger partial charge in [0.25, 0.3) is 0 Å². The standard InChI is InChI=1S/C36H74OS2.C2H6O2/c1-3-5-7-9-11-13-15-17-19-21-23-25-27-29-31-33-35-38-37-39-36-34-32-30-28-26-24-22-20-18-16-14-12-10-8-6-4-2;3-1-2-4/h3-36H2,1-2H3;3-4H,1-2H2. The molecule has 0 spiro atoms. The Kier molecular flexibility index (Phi) is 49.9. The Labute approximate surface area is 281 Å². The van der Waals surface area contributed by atoms with Gasteiger partial charge in [-0.25, -0.2) is 3.63 Å². The highest BCUT2D eigenvalue weighted by Crippen LogP contribution is 2.20. The minimum Gasteiger partial charge on any atom is -0.394 e. The van der Waals surface area contributed by atoms with Crippen molar-refractivity contribution in [2.75, 3.05) is 24.7 Å². The Morgan fingerprint density at radius 2 is 0.488 bits per heavy atom. The van der Waals surface area contributed by atoms with E-state index in [9.17, 15) is 0 Å². The van der Waals surface area contributed by atoms with E-state index in [1.165, 1.54) is 217 Å². The van der Waals surface area contributed by atoms with E-state index in [2.05, 4.69) is 13.8 Å². The summed E-state index contributed by atoms with van der Waals surface area (Å²) < 4.78 is 5.72. The van der Waals surface area contributed by atoms with Crippen LogP contribution in [0.3, 0.4) is 0 Å². The van der Waals surface area contributed by atoms with Gasteiger partial charge in [0.05, 0.1) is 13.2 Å². The van der Waals surface area contributed by atoms with Crippen LogP contribution in [0.2, 0.25) is 0 Å². The number of aliphatic hydroxyl groups excluding tert-OH is 2. The van der Waals surface area contributed by atoms with Gasteiger partial charge >= 0.3 is 0 Å². The fraction of sp³-hybridized carbons (Fsp3) is 1.00. The highest BCUT2D eigenvalue weighted by Gasteiger charge is 1.98. The molecule has 2 N–H and O–H groups in total. The van der Waals surface area contributed by atoms with Gasteiger partial charge < -0.3 is 10.2 Å². The minimum absolute atomic E-state index is 0.125. The van der Waals surface area contributed by atoms with Crippen molar-refractivity contribution in [1.29, 1.82) is 0 Å². The summed E-state index contributed by atoms with van der Waals surface area (Å²) in [5, 5.41) is 15.2. The Hall–Kier alpha value is 0.580. The van der Waals surface area contributed by atoms with Crippen LogP contribution in [0.5, 0.6) is 0 Å². The number of hydrogen-bond acceptors (Lipinski definition) is 5. The van der Waals surface area contributed by atoms with E-state index in [1.807, 2.05) is 0 Å². The van der Waals surface area contributed by atoms with Crippen molar-refractivity contribution in [2.24, 2.45) is 0 Å². The first kappa shape index (κ1) is 45.7. The molecule has 0 heterocycles. The lowest BCUT2D eigenvalue weighted by atomic mass is 10.0. The molecule has 3 nitrogen and oxygen atoms in total. The lowest BCUT2D eigenvalue weighted by Gasteiger charge is -2.04. The van der Waals surface area contributed by atoms with Crippen molar-refractivity contribution >= 4 is 24.1 Å². The van der Waals surface area contributed by atoms with Crippen molar-refractivity contribution in [2.45, 2.75) is 219 Å². The van der Waals surface area contributed by atoms with E-state index in [0.717, 1.165) is 0 Å². The van der Waals surface area contributed by atoms with Crippen LogP contribution in [0.1, 0.15) is 219 Å². The van der Waals surface area contributed by atoms with Crippen molar-refractivity contribution in [1.82, 2.24) is 0 Å². The predicted molar refractivity (Wildman–Crippen MR) is 199 cm³/mol. The third kappa shape index (κ3) is 49.6. The topological polar surface area (TPSA) is 49.7 Å². The lowest BCUT2D eigenvalue weighted by molar-refractivity contribution is 0.186. The average molecular weight is 649 g/mol. The monoisotopic (exact) mass is 649 g/mol. The lowest BCUT2D eigenvalue weighted by Crippen LogP contribution is -1.86. The molecule has 0 aliphatic rings. The molecule has 0 aromatic heterocycles. The van der Waals surface area contributed by atoms with Crippen LogP contribution < -0.4 is 0 Å². The molecule has 5 heteroatoms. The highest BCUT2D eigenvalue weighted by atomic mass is 32.2. The summed E-state index contributed by atoms with van der Waals surface area (Å²) in [6, 6.07) is 0. The third-order valence-corrected chi connectivity index (χ3v) is 10.0. The highest BCUT2D eigenvalue weighted by molar-refractivity contribution is 8.07. The predicted octanol–water partition coefficient (Wildman–Crippen LogP) is 13.8. The van der Waals surface area contributed by atoms with Crippen LogP contribution in [-0.4, -0.2) is 34.9 Å². The zero-order valence-electron chi connectivity index (χ0n) is 29.6. The Morgan fingerprint density at radius 1 is 0.302 bits per heavy atom. The normalized spacial score (nSPS) is 11.2. The molecule has 0 rings (SSSR count). The van der Waals surface area contributed by atoms with Gasteiger partial charge in [-0.2, -0.15) is 0 Å². The van der Waals surface area contributed by atoms with Crippen LogP contribution in [0.15, 0.2) is 0 Å². The molecule has 0 aromatic rings. The van der Waals surface area contributed by atoms with E-state index in [1.54, 1.807) is 24.1 Å². The van der Waals surface area contributed by atoms with Gasteiger partial charge in [0.15, 0.2) is 0 Å². The molecule has 0 amide bonds. The fourth-order valence-corrected chi connectivity index (χ4v) is 6.98. The summed E-state index contributed by atoms with van der Waals surface area (Å²) >= 11 is 3.38. The van der Waals surface area contributed by atoms with E-state index in [0.29, 0.717) is 0 Å². The molecule has 0 unspecified atom stereocenters. The van der Waals surface area contributed by atoms with Crippen molar-refractivity contribution < 1.29 is 13.8 Å². The first-order valence-electron chi connectivity index (χ1n) is 19.5. The second kappa shape index (κ2) is 47.0. The number of hydrogen-bond donors (Lipinski definition) is 2. The Balaban J connectivity index is 0. The maximum atomic E-state index is 7.62. The van der Waals surface area contributed by atoms with Gasteiger partial charge in [-0.05, 0) is 12.8 Å². The number of rotatable bonds is 37. The Bertz CT molecular complexity index is 401. The largest absolute Gasteiger partial charge is 0.394 e. The van der Waals surface area contributed by atoms with Crippen LogP contribution >= 0.6 is 24.1 Å². The zero-order valence-corrected chi connectivity index (χ0v) is 31.2. The maximum absolute atomic E-state index is 7.62. The van der Waals surface area contributed by atoms with E-state index in [4.69, 9.17) is 13.8 Å². The second-order valence-corrected chi connectivity index (χ2v) is 14.6. The van der Waals surface area contributed by atoms with Gasteiger partial charge in [0.1, 0.15) is 0 Å². The molecular weight excluding hydrogens is 569 g/mol. The summed E-state index contributed by atoms with van der Waals surface area (Å²) in [4.78, 5) is 0.